The van der Waals surface area contributed by atoms with Crippen molar-refractivity contribution >= 4 is 11.6 Å². The molecule has 1 aromatic rings. The van der Waals surface area contributed by atoms with E-state index in [0.29, 0.717) is 11.4 Å². The second-order valence-corrected chi connectivity index (χ2v) is 4.98. The molecule has 1 aliphatic rings. The Kier molecular flexibility index (Phi) is 3.41. The Bertz CT molecular complexity index is 407. The van der Waals surface area contributed by atoms with Gasteiger partial charge in [0.15, 0.2) is 0 Å². The standard InChI is InChI=1S/C13H21N3O/c1-3-6-16-9-11(14)7-12(16)13(17)15(2)8-10-4-5-10/h7,9-10H,3-6,8,14H2,1-2H3. The maximum absolute atomic E-state index is 12.3. The zero-order valence-corrected chi connectivity index (χ0v) is 10.6. The fourth-order valence-corrected chi connectivity index (χ4v) is 2.10. The van der Waals surface area contributed by atoms with Crippen LogP contribution in [-0.4, -0.2) is 29.0 Å². The highest BCUT2D eigenvalue weighted by molar-refractivity contribution is 5.93. The number of carbonyl (C=O) groups is 1. The number of nitrogens with two attached hydrogens (primary N) is 1. The van der Waals surface area contributed by atoms with Crippen molar-refractivity contribution in [3.8, 4) is 0 Å². The highest BCUT2D eigenvalue weighted by atomic mass is 16.2. The molecule has 0 atom stereocenters. The molecule has 2 rings (SSSR count). The lowest BCUT2D eigenvalue weighted by molar-refractivity contribution is 0.0778. The minimum atomic E-state index is 0.0852. The molecule has 1 aliphatic carbocycles. The van der Waals surface area contributed by atoms with Crippen LogP contribution in [0.2, 0.25) is 0 Å². The third kappa shape index (κ3) is 2.81. The van der Waals surface area contributed by atoms with Crippen LogP contribution in [0.3, 0.4) is 0 Å². The molecule has 1 saturated carbocycles. The van der Waals surface area contributed by atoms with Gasteiger partial charge in [-0.2, -0.15) is 0 Å². The van der Waals surface area contributed by atoms with Crippen molar-refractivity contribution in [1.82, 2.24) is 9.47 Å². The lowest BCUT2D eigenvalue weighted by Gasteiger charge is -2.17. The van der Waals surface area contributed by atoms with Crippen LogP contribution >= 0.6 is 0 Å². The van der Waals surface area contributed by atoms with Crippen molar-refractivity contribution in [3.63, 3.8) is 0 Å². The lowest BCUT2D eigenvalue weighted by atomic mass is 10.3. The van der Waals surface area contributed by atoms with E-state index < -0.39 is 0 Å². The Hall–Kier alpha value is -1.45. The molecule has 1 amide bonds. The Labute approximate surface area is 102 Å². The number of amides is 1. The van der Waals surface area contributed by atoms with Gasteiger partial charge in [0.1, 0.15) is 5.69 Å². The van der Waals surface area contributed by atoms with E-state index in [9.17, 15) is 4.79 Å². The second kappa shape index (κ2) is 4.82. The molecule has 1 fully saturated rings. The number of hydrogen-bond acceptors (Lipinski definition) is 2. The largest absolute Gasteiger partial charge is 0.397 e. The summed E-state index contributed by atoms with van der Waals surface area (Å²) in [5.41, 5.74) is 7.15. The van der Waals surface area contributed by atoms with Crippen molar-refractivity contribution in [2.24, 2.45) is 5.92 Å². The average molecular weight is 235 g/mol. The van der Waals surface area contributed by atoms with E-state index in [-0.39, 0.29) is 5.91 Å². The molecule has 94 valence electrons. The van der Waals surface area contributed by atoms with E-state index in [2.05, 4.69) is 6.92 Å². The van der Waals surface area contributed by atoms with Crippen molar-refractivity contribution in [3.05, 3.63) is 18.0 Å². The molecule has 1 aromatic heterocycles. The Morgan fingerprint density at radius 1 is 1.59 bits per heavy atom. The molecule has 0 aromatic carbocycles. The van der Waals surface area contributed by atoms with Gasteiger partial charge in [-0.05, 0) is 31.2 Å². The van der Waals surface area contributed by atoms with Gasteiger partial charge in [0.25, 0.3) is 5.91 Å². The minimum absolute atomic E-state index is 0.0852. The zero-order chi connectivity index (χ0) is 12.4. The second-order valence-electron chi connectivity index (χ2n) is 4.98. The van der Waals surface area contributed by atoms with Crippen LogP contribution in [0.15, 0.2) is 12.3 Å². The molecule has 0 radical (unpaired) electrons. The smallest absolute Gasteiger partial charge is 0.270 e. The van der Waals surface area contributed by atoms with E-state index in [1.807, 2.05) is 22.7 Å². The van der Waals surface area contributed by atoms with Crippen molar-refractivity contribution in [2.45, 2.75) is 32.7 Å². The third-order valence-corrected chi connectivity index (χ3v) is 3.18. The molecule has 1 heterocycles. The van der Waals surface area contributed by atoms with E-state index in [0.717, 1.165) is 25.4 Å². The molecule has 0 unspecified atom stereocenters. The lowest BCUT2D eigenvalue weighted by Crippen LogP contribution is -2.30. The van der Waals surface area contributed by atoms with Gasteiger partial charge in [0.2, 0.25) is 0 Å². The van der Waals surface area contributed by atoms with E-state index in [4.69, 9.17) is 5.73 Å². The van der Waals surface area contributed by atoms with Crippen LogP contribution in [0.4, 0.5) is 5.69 Å². The van der Waals surface area contributed by atoms with Crippen LogP contribution < -0.4 is 5.73 Å². The first-order valence-corrected chi connectivity index (χ1v) is 6.33. The van der Waals surface area contributed by atoms with E-state index in [1.54, 1.807) is 6.07 Å². The average Bonchev–Trinajstić information content (AvgIpc) is 3.01. The summed E-state index contributed by atoms with van der Waals surface area (Å²) in [6, 6.07) is 1.78. The number of nitrogens with zero attached hydrogens (tertiary/aromatic N) is 2. The summed E-state index contributed by atoms with van der Waals surface area (Å²) in [5, 5.41) is 0. The number of aromatic nitrogens is 1. The van der Waals surface area contributed by atoms with Crippen LogP contribution in [0.5, 0.6) is 0 Å². The van der Waals surface area contributed by atoms with Gasteiger partial charge in [-0.15, -0.1) is 0 Å². The zero-order valence-electron chi connectivity index (χ0n) is 10.6. The minimum Gasteiger partial charge on any atom is -0.397 e. The number of carbonyl (C=O) groups excluding carboxylic acids is 1. The molecule has 17 heavy (non-hydrogen) atoms. The van der Waals surface area contributed by atoms with E-state index >= 15 is 0 Å². The first-order valence-electron chi connectivity index (χ1n) is 6.33. The Morgan fingerprint density at radius 3 is 2.88 bits per heavy atom. The summed E-state index contributed by atoms with van der Waals surface area (Å²) in [4.78, 5) is 14.1. The molecular weight excluding hydrogens is 214 g/mol. The number of nitrogen functional groups attached to an aromatic ring is 1. The number of aryl methyl sites for hydroxylation is 1. The van der Waals surface area contributed by atoms with Crippen LogP contribution in [0.25, 0.3) is 0 Å². The molecule has 4 heteroatoms. The topological polar surface area (TPSA) is 51.3 Å². The fraction of sp³-hybridized carbons (Fsp3) is 0.615. The summed E-state index contributed by atoms with van der Waals surface area (Å²) >= 11 is 0. The van der Waals surface area contributed by atoms with E-state index in [1.165, 1.54) is 12.8 Å². The molecule has 0 bridgehead atoms. The summed E-state index contributed by atoms with van der Waals surface area (Å²) in [7, 11) is 1.88. The van der Waals surface area contributed by atoms with Gasteiger partial charge >= 0.3 is 0 Å². The summed E-state index contributed by atoms with van der Waals surface area (Å²) < 4.78 is 1.96. The summed E-state index contributed by atoms with van der Waals surface area (Å²) in [6.07, 6.45) is 5.37. The van der Waals surface area contributed by atoms with Crippen LogP contribution in [0, 0.1) is 5.92 Å². The normalized spacial score (nSPS) is 14.9. The first-order chi connectivity index (χ1) is 8.11. The molecule has 0 saturated heterocycles. The summed E-state index contributed by atoms with van der Waals surface area (Å²) in [6.45, 7) is 3.81. The monoisotopic (exact) mass is 235 g/mol. The van der Waals surface area contributed by atoms with Gasteiger partial charge in [-0.1, -0.05) is 6.92 Å². The summed E-state index contributed by atoms with van der Waals surface area (Å²) in [5.74, 6) is 0.804. The van der Waals surface area contributed by atoms with Crippen molar-refractivity contribution < 1.29 is 4.79 Å². The molecule has 2 N–H and O–H groups in total. The Balaban J connectivity index is 2.10. The number of hydrogen-bond donors (Lipinski definition) is 1. The number of rotatable bonds is 5. The first kappa shape index (κ1) is 12.0. The number of anilines is 1. The molecular formula is C13H21N3O. The third-order valence-electron chi connectivity index (χ3n) is 3.18. The molecule has 0 spiro atoms. The van der Waals surface area contributed by atoms with Gasteiger partial charge in [0.05, 0.1) is 5.69 Å². The van der Waals surface area contributed by atoms with Crippen LogP contribution in [-0.2, 0) is 6.54 Å². The maximum atomic E-state index is 12.3. The van der Waals surface area contributed by atoms with Gasteiger partial charge in [-0.3, -0.25) is 4.79 Å². The maximum Gasteiger partial charge on any atom is 0.270 e. The van der Waals surface area contributed by atoms with Crippen LogP contribution in [0.1, 0.15) is 36.7 Å². The van der Waals surface area contributed by atoms with Crippen molar-refractivity contribution in [2.75, 3.05) is 19.3 Å². The highest BCUT2D eigenvalue weighted by Crippen LogP contribution is 2.29. The van der Waals surface area contributed by atoms with Gasteiger partial charge in [-0.25, -0.2) is 0 Å². The Morgan fingerprint density at radius 2 is 2.29 bits per heavy atom. The van der Waals surface area contributed by atoms with Crippen molar-refractivity contribution in [1.29, 1.82) is 0 Å². The quantitative estimate of drug-likeness (QED) is 0.848. The molecule has 0 aliphatic heterocycles. The SMILES string of the molecule is CCCn1cc(N)cc1C(=O)N(C)CC1CC1. The molecule has 4 nitrogen and oxygen atoms in total. The predicted octanol–water partition coefficient (Wildman–Crippen LogP) is 1.96. The predicted molar refractivity (Wildman–Crippen MR) is 68.8 cm³/mol. The highest BCUT2D eigenvalue weighted by Gasteiger charge is 2.26. The van der Waals surface area contributed by atoms with Gasteiger partial charge < -0.3 is 15.2 Å². The van der Waals surface area contributed by atoms with Gasteiger partial charge in [0, 0.05) is 26.3 Å². The fourth-order valence-electron chi connectivity index (χ4n) is 2.10.